The quantitative estimate of drug-likeness (QED) is 0.842. The Labute approximate surface area is 114 Å². The van der Waals surface area contributed by atoms with Crippen molar-refractivity contribution in [3.8, 4) is 0 Å². The summed E-state index contributed by atoms with van der Waals surface area (Å²) in [5.74, 6) is 0.0578. The Kier molecular flexibility index (Phi) is 3.17. The van der Waals surface area contributed by atoms with Crippen molar-refractivity contribution in [2.24, 2.45) is 5.41 Å². The molecule has 2 fully saturated rings. The molecule has 4 heteroatoms. The highest BCUT2D eigenvalue weighted by Crippen LogP contribution is 2.43. The van der Waals surface area contributed by atoms with Crippen molar-refractivity contribution in [2.45, 2.75) is 38.5 Å². The summed E-state index contributed by atoms with van der Waals surface area (Å²) in [6.07, 6.45) is 9.28. The molecule has 0 atom stereocenters. The predicted molar refractivity (Wildman–Crippen MR) is 74.7 cm³/mol. The van der Waals surface area contributed by atoms with E-state index < -0.39 is 0 Å². The van der Waals surface area contributed by atoms with Gasteiger partial charge in [0.15, 0.2) is 0 Å². The van der Waals surface area contributed by atoms with Gasteiger partial charge in [0.2, 0.25) is 0 Å². The fourth-order valence-electron chi connectivity index (χ4n) is 3.51. The number of nitrogens with two attached hydrogens (primary N) is 1. The van der Waals surface area contributed by atoms with Gasteiger partial charge in [0.25, 0.3) is 5.91 Å². The molecule has 4 nitrogen and oxygen atoms in total. The molecule has 0 unspecified atom stereocenters. The number of rotatable bonds is 1. The molecule has 0 radical (unpaired) electrons. The van der Waals surface area contributed by atoms with E-state index in [9.17, 15) is 4.79 Å². The van der Waals surface area contributed by atoms with Crippen LogP contribution >= 0.6 is 0 Å². The van der Waals surface area contributed by atoms with Gasteiger partial charge in [-0.25, -0.2) is 4.98 Å². The Morgan fingerprint density at radius 1 is 1.21 bits per heavy atom. The number of likely N-dealkylation sites (tertiary alicyclic amines) is 1. The highest BCUT2D eigenvalue weighted by atomic mass is 16.2. The van der Waals surface area contributed by atoms with E-state index in [-0.39, 0.29) is 5.91 Å². The number of carbonyl (C=O) groups excluding carboxylic acids is 1. The Hall–Kier alpha value is -1.58. The number of hydrogen-bond acceptors (Lipinski definition) is 3. The Balaban J connectivity index is 1.70. The first kappa shape index (κ1) is 12.5. The average Bonchev–Trinajstić information content (AvgIpc) is 2.83. The first-order valence-corrected chi connectivity index (χ1v) is 7.19. The minimum absolute atomic E-state index is 0.0578. The standard InChI is InChI=1S/C15H21N3O/c16-12-4-5-13(17-10-12)14(19)18-9-8-15(11-18)6-2-1-3-7-15/h4-5,10H,1-3,6-9,11,16H2. The SMILES string of the molecule is Nc1ccc(C(=O)N2CCC3(CCCCC3)C2)nc1. The molecule has 1 saturated heterocycles. The Bertz CT molecular complexity index is 463. The maximum Gasteiger partial charge on any atom is 0.272 e. The van der Waals surface area contributed by atoms with Crippen LogP contribution < -0.4 is 5.73 Å². The molecule has 102 valence electrons. The summed E-state index contributed by atoms with van der Waals surface area (Å²) in [5, 5.41) is 0. The average molecular weight is 259 g/mol. The number of nitrogens with zero attached hydrogens (tertiary/aromatic N) is 2. The summed E-state index contributed by atoms with van der Waals surface area (Å²) in [5.41, 5.74) is 7.12. The molecule has 1 aliphatic heterocycles. The fourth-order valence-corrected chi connectivity index (χ4v) is 3.51. The molecule has 2 N–H and O–H groups in total. The summed E-state index contributed by atoms with van der Waals surface area (Å²) in [7, 11) is 0. The second-order valence-electron chi connectivity index (χ2n) is 6.01. The van der Waals surface area contributed by atoms with Crippen molar-refractivity contribution in [2.75, 3.05) is 18.8 Å². The van der Waals surface area contributed by atoms with Crippen molar-refractivity contribution >= 4 is 11.6 Å². The van der Waals surface area contributed by atoms with Gasteiger partial charge in [-0.15, -0.1) is 0 Å². The van der Waals surface area contributed by atoms with E-state index in [2.05, 4.69) is 4.98 Å². The maximum atomic E-state index is 12.4. The van der Waals surface area contributed by atoms with Crippen LogP contribution in [0.4, 0.5) is 5.69 Å². The van der Waals surface area contributed by atoms with Gasteiger partial charge >= 0.3 is 0 Å². The Morgan fingerprint density at radius 3 is 2.68 bits per heavy atom. The van der Waals surface area contributed by atoms with Gasteiger partial charge in [0, 0.05) is 13.1 Å². The molecule has 1 amide bonds. The summed E-state index contributed by atoms with van der Waals surface area (Å²) in [4.78, 5) is 18.5. The van der Waals surface area contributed by atoms with Crippen molar-refractivity contribution < 1.29 is 4.79 Å². The lowest BCUT2D eigenvalue weighted by Crippen LogP contribution is -2.33. The number of hydrogen-bond donors (Lipinski definition) is 1. The Morgan fingerprint density at radius 2 is 2.00 bits per heavy atom. The van der Waals surface area contributed by atoms with Crippen molar-refractivity contribution in [1.29, 1.82) is 0 Å². The van der Waals surface area contributed by atoms with Gasteiger partial charge in [-0.3, -0.25) is 4.79 Å². The van der Waals surface area contributed by atoms with Gasteiger partial charge in [0.1, 0.15) is 5.69 Å². The lowest BCUT2D eigenvalue weighted by molar-refractivity contribution is 0.0753. The summed E-state index contributed by atoms with van der Waals surface area (Å²) in [6.45, 7) is 1.79. The second kappa shape index (κ2) is 4.83. The molecule has 1 aromatic rings. The molecule has 1 spiro atoms. The van der Waals surface area contributed by atoms with Crippen LogP contribution in [0, 0.1) is 5.41 Å². The van der Waals surface area contributed by atoms with Crippen LogP contribution in [0.2, 0.25) is 0 Å². The molecule has 2 heterocycles. The second-order valence-corrected chi connectivity index (χ2v) is 6.01. The van der Waals surface area contributed by atoms with Crippen LogP contribution in [0.15, 0.2) is 18.3 Å². The van der Waals surface area contributed by atoms with Crippen LogP contribution in [-0.2, 0) is 0 Å². The molecule has 0 aromatic carbocycles. The lowest BCUT2D eigenvalue weighted by atomic mass is 9.73. The molecule has 1 aliphatic carbocycles. The molecule has 1 aromatic heterocycles. The van der Waals surface area contributed by atoms with E-state index in [1.165, 1.54) is 32.1 Å². The minimum Gasteiger partial charge on any atom is -0.397 e. The van der Waals surface area contributed by atoms with Gasteiger partial charge in [-0.1, -0.05) is 19.3 Å². The minimum atomic E-state index is 0.0578. The molecule has 2 aliphatic rings. The smallest absolute Gasteiger partial charge is 0.272 e. The van der Waals surface area contributed by atoms with Crippen LogP contribution in [0.3, 0.4) is 0 Å². The number of nitrogen functional groups attached to an aromatic ring is 1. The third-order valence-corrected chi connectivity index (χ3v) is 4.65. The topological polar surface area (TPSA) is 59.2 Å². The third kappa shape index (κ3) is 2.44. The molecular weight excluding hydrogens is 238 g/mol. The first-order valence-electron chi connectivity index (χ1n) is 7.19. The van der Waals surface area contributed by atoms with Gasteiger partial charge < -0.3 is 10.6 Å². The van der Waals surface area contributed by atoms with Crippen LogP contribution in [-0.4, -0.2) is 28.9 Å². The van der Waals surface area contributed by atoms with E-state index >= 15 is 0 Å². The van der Waals surface area contributed by atoms with E-state index in [0.29, 0.717) is 16.8 Å². The van der Waals surface area contributed by atoms with Crippen molar-refractivity contribution in [1.82, 2.24) is 9.88 Å². The zero-order chi connectivity index (χ0) is 13.3. The number of anilines is 1. The molecule has 3 rings (SSSR count). The van der Waals surface area contributed by atoms with Crippen LogP contribution in [0.5, 0.6) is 0 Å². The van der Waals surface area contributed by atoms with Gasteiger partial charge in [0.05, 0.1) is 11.9 Å². The van der Waals surface area contributed by atoms with Gasteiger partial charge in [-0.05, 0) is 36.8 Å². The summed E-state index contributed by atoms with van der Waals surface area (Å²) < 4.78 is 0. The molecule has 0 bridgehead atoms. The molecular formula is C15H21N3O. The largest absolute Gasteiger partial charge is 0.397 e. The normalized spacial score (nSPS) is 21.8. The van der Waals surface area contributed by atoms with E-state index in [1.807, 2.05) is 4.90 Å². The van der Waals surface area contributed by atoms with E-state index in [4.69, 9.17) is 5.73 Å². The maximum absolute atomic E-state index is 12.4. The number of pyridine rings is 1. The number of amides is 1. The fraction of sp³-hybridized carbons (Fsp3) is 0.600. The summed E-state index contributed by atoms with van der Waals surface area (Å²) >= 11 is 0. The monoisotopic (exact) mass is 259 g/mol. The number of carbonyl (C=O) groups is 1. The highest BCUT2D eigenvalue weighted by molar-refractivity contribution is 5.92. The third-order valence-electron chi connectivity index (χ3n) is 4.65. The van der Waals surface area contributed by atoms with Crippen molar-refractivity contribution in [3.63, 3.8) is 0 Å². The van der Waals surface area contributed by atoms with Gasteiger partial charge in [-0.2, -0.15) is 0 Å². The van der Waals surface area contributed by atoms with Crippen LogP contribution in [0.25, 0.3) is 0 Å². The van der Waals surface area contributed by atoms with Crippen molar-refractivity contribution in [3.05, 3.63) is 24.0 Å². The first-order chi connectivity index (χ1) is 9.19. The summed E-state index contributed by atoms with van der Waals surface area (Å²) in [6, 6.07) is 3.47. The number of aromatic nitrogens is 1. The van der Waals surface area contributed by atoms with E-state index in [1.54, 1.807) is 18.3 Å². The predicted octanol–water partition coefficient (Wildman–Crippen LogP) is 2.46. The van der Waals surface area contributed by atoms with Crippen LogP contribution in [0.1, 0.15) is 49.0 Å². The lowest BCUT2D eigenvalue weighted by Gasteiger charge is -2.33. The molecule has 1 saturated carbocycles. The highest BCUT2D eigenvalue weighted by Gasteiger charge is 2.40. The van der Waals surface area contributed by atoms with E-state index in [0.717, 1.165) is 19.5 Å². The molecule has 19 heavy (non-hydrogen) atoms. The zero-order valence-corrected chi connectivity index (χ0v) is 11.3. The zero-order valence-electron chi connectivity index (χ0n) is 11.3.